The van der Waals surface area contributed by atoms with Crippen molar-refractivity contribution < 1.29 is 9.21 Å². The van der Waals surface area contributed by atoms with Gasteiger partial charge in [0.15, 0.2) is 0 Å². The highest BCUT2D eigenvalue weighted by Gasteiger charge is 2.19. The van der Waals surface area contributed by atoms with Gasteiger partial charge in [-0.15, -0.1) is 0 Å². The minimum atomic E-state index is -0.413. The number of aryl methyl sites for hydroxylation is 2. The van der Waals surface area contributed by atoms with E-state index in [1.54, 1.807) is 37.9 Å². The molecule has 1 aromatic carbocycles. The summed E-state index contributed by atoms with van der Waals surface area (Å²) in [6.07, 6.45) is 0. The van der Waals surface area contributed by atoms with Gasteiger partial charge in [0, 0.05) is 16.6 Å². The number of aromatic amines is 1. The molecule has 2 N–H and O–H groups in total. The summed E-state index contributed by atoms with van der Waals surface area (Å²) in [6, 6.07) is 5.22. The highest BCUT2D eigenvalue weighted by molar-refractivity contribution is 6.35. The first-order valence-corrected chi connectivity index (χ1v) is 8.92. The predicted octanol–water partition coefficient (Wildman–Crippen LogP) is 3.51. The van der Waals surface area contributed by atoms with E-state index in [0.29, 0.717) is 33.4 Å². The molecule has 0 saturated carbocycles. The zero-order chi connectivity index (χ0) is 19.7. The predicted molar refractivity (Wildman–Crippen MR) is 106 cm³/mol. The number of benzene rings is 1. The smallest absolute Gasteiger partial charge is 0.277 e. The van der Waals surface area contributed by atoms with Crippen LogP contribution >= 0.6 is 23.2 Å². The molecule has 27 heavy (non-hydrogen) atoms. The summed E-state index contributed by atoms with van der Waals surface area (Å²) in [4.78, 5) is 26.3. The van der Waals surface area contributed by atoms with E-state index in [0.717, 1.165) is 5.56 Å². The van der Waals surface area contributed by atoms with Crippen molar-refractivity contribution in [1.29, 1.82) is 0 Å². The summed E-state index contributed by atoms with van der Waals surface area (Å²) in [5.41, 5.74) is 1.07. The molecule has 0 aliphatic carbocycles. The van der Waals surface area contributed by atoms with Crippen LogP contribution in [0.1, 0.15) is 17.0 Å². The van der Waals surface area contributed by atoms with Crippen molar-refractivity contribution >= 4 is 45.8 Å². The standard InChI is InChI=1S/C18H18Cl2N4O3/c1-9-15-10(2)27-18(16(15)17(26)23-22-9)21-14(25)8-24(3)7-11-4-5-12(19)6-13(11)20/h4-6H,7-8H2,1-3H3,(H,21,25)(H,23,26). The number of rotatable bonds is 5. The van der Waals surface area contributed by atoms with Crippen molar-refractivity contribution in [2.75, 3.05) is 18.9 Å². The molecule has 2 aromatic heterocycles. The molecule has 0 aliphatic heterocycles. The largest absolute Gasteiger partial charge is 0.444 e. The van der Waals surface area contributed by atoms with E-state index in [9.17, 15) is 9.59 Å². The number of furan rings is 1. The van der Waals surface area contributed by atoms with Gasteiger partial charge in [-0.25, -0.2) is 5.10 Å². The number of hydrogen-bond donors (Lipinski definition) is 2. The number of fused-ring (bicyclic) bond motifs is 1. The number of carbonyl (C=O) groups is 1. The third kappa shape index (κ3) is 4.16. The number of nitrogens with zero attached hydrogens (tertiary/aromatic N) is 2. The lowest BCUT2D eigenvalue weighted by molar-refractivity contribution is -0.117. The van der Waals surface area contributed by atoms with Crippen molar-refractivity contribution in [2.24, 2.45) is 0 Å². The molecule has 0 spiro atoms. The third-order valence-corrected chi connectivity index (χ3v) is 4.71. The molecule has 0 bridgehead atoms. The number of amides is 1. The van der Waals surface area contributed by atoms with Crippen LogP contribution in [0.2, 0.25) is 10.0 Å². The Bertz CT molecular complexity index is 1070. The molecule has 0 radical (unpaired) electrons. The van der Waals surface area contributed by atoms with Crippen LogP contribution in [0.25, 0.3) is 10.8 Å². The molecule has 142 valence electrons. The van der Waals surface area contributed by atoms with Crippen LogP contribution in [0.5, 0.6) is 0 Å². The molecule has 0 unspecified atom stereocenters. The third-order valence-electron chi connectivity index (χ3n) is 4.12. The number of anilines is 1. The van der Waals surface area contributed by atoms with E-state index in [2.05, 4.69) is 15.5 Å². The first kappa shape index (κ1) is 19.4. The van der Waals surface area contributed by atoms with Gasteiger partial charge in [0.05, 0.1) is 17.6 Å². The van der Waals surface area contributed by atoms with Crippen molar-refractivity contribution in [3.8, 4) is 0 Å². The maximum atomic E-state index is 12.4. The minimum absolute atomic E-state index is 0.0855. The fourth-order valence-electron chi connectivity index (χ4n) is 2.94. The highest BCUT2D eigenvalue weighted by atomic mass is 35.5. The van der Waals surface area contributed by atoms with E-state index in [1.807, 2.05) is 6.07 Å². The number of aromatic nitrogens is 2. The van der Waals surface area contributed by atoms with Gasteiger partial charge in [-0.2, -0.15) is 5.10 Å². The molecule has 2 heterocycles. The van der Waals surface area contributed by atoms with Crippen LogP contribution in [-0.4, -0.2) is 34.6 Å². The second-order valence-electron chi connectivity index (χ2n) is 6.33. The fourth-order valence-corrected chi connectivity index (χ4v) is 3.41. The summed E-state index contributed by atoms with van der Waals surface area (Å²) >= 11 is 12.1. The summed E-state index contributed by atoms with van der Waals surface area (Å²) in [5.74, 6) is 0.335. The number of H-pyrrole nitrogens is 1. The lowest BCUT2D eigenvalue weighted by Gasteiger charge is -2.16. The number of halogens is 2. The maximum Gasteiger partial charge on any atom is 0.277 e. The Morgan fingerprint density at radius 3 is 2.74 bits per heavy atom. The molecule has 1 amide bonds. The average molecular weight is 409 g/mol. The first-order chi connectivity index (χ1) is 12.8. The fraction of sp³-hybridized carbons (Fsp3) is 0.278. The molecule has 0 fully saturated rings. The average Bonchev–Trinajstić information content (AvgIpc) is 2.91. The second-order valence-corrected chi connectivity index (χ2v) is 7.18. The zero-order valence-electron chi connectivity index (χ0n) is 15.0. The van der Waals surface area contributed by atoms with Crippen molar-refractivity contribution in [2.45, 2.75) is 20.4 Å². The van der Waals surface area contributed by atoms with E-state index < -0.39 is 5.56 Å². The lowest BCUT2D eigenvalue weighted by Crippen LogP contribution is -2.30. The number of carbonyl (C=O) groups excluding carboxylic acids is 1. The Kier molecular flexibility index (Phi) is 5.55. The highest BCUT2D eigenvalue weighted by Crippen LogP contribution is 2.28. The molecule has 0 atom stereocenters. The normalized spacial score (nSPS) is 11.3. The first-order valence-electron chi connectivity index (χ1n) is 8.17. The van der Waals surface area contributed by atoms with E-state index in [4.69, 9.17) is 27.6 Å². The summed E-state index contributed by atoms with van der Waals surface area (Å²) in [7, 11) is 1.79. The summed E-state index contributed by atoms with van der Waals surface area (Å²) in [5, 5.41) is 11.0. The van der Waals surface area contributed by atoms with Crippen LogP contribution in [-0.2, 0) is 11.3 Å². The molecule has 3 rings (SSSR count). The monoisotopic (exact) mass is 408 g/mol. The van der Waals surface area contributed by atoms with Crippen molar-refractivity contribution in [3.05, 3.63) is 55.6 Å². The minimum Gasteiger partial charge on any atom is -0.444 e. The Labute approximate surface area is 165 Å². The van der Waals surface area contributed by atoms with Gasteiger partial charge in [-0.3, -0.25) is 19.8 Å². The maximum absolute atomic E-state index is 12.4. The Morgan fingerprint density at radius 1 is 1.30 bits per heavy atom. The Morgan fingerprint density at radius 2 is 2.04 bits per heavy atom. The van der Waals surface area contributed by atoms with Crippen LogP contribution in [0.15, 0.2) is 27.4 Å². The van der Waals surface area contributed by atoms with Crippen LogP contribution in [0.4, 0.5) is 5.88 Å². The van der Waals surface area contributed by atoms with Gasteiger partial charge in [-0.1, -0.05) is 29.3 Å². The Balaban J connectivity index is 1.74. The van der Waals surface area contributed by atoms with E-state index >= 15 is 0 Å². The molecule has 0 saturated heterocycles. The van der Waals surface area contributed by atoms with Crippen LogP contribution < -0.4 is 10.9 Å². The van der Waals surface area contributed by atoms with Gasteiger partial charge in [0.2, 0.25) is 11.8 Å². The van der Waals surface area contributed by atoms with Crippen molar-refractivity contribution in [1.82, 2.24) is 15.1 Å². The zero-order valence-corrected chi connectivity index (χ0v) is 16.5. The Hall–Kier alpha value is -2.35. The molecule has 0 aliphatic rings. The summed E-state index contributed by atoms with van der Waals surface area (Å²) in [6.45, 7) is 4.03. The molecule has 7 nitrogen and oxygen atoms in total. The molecular formula is C18H18Cl2N4O3. The van der Waals surface area contributed by atoms with Gasteiger partial charge in [0.25, 0.3) is 5.56 Å². The lowest BCUT2D eigenvalue weighted by atomic mass is 10.2. The van der Waals surface area contributed by atoms with Gasteiger partial charge in [0.1, 0.15) is 11.1 Å². The van der Waals surface area contributed by atoms with Gasteiger partial charge >= 0.3 is 0 Å². The molecule has 9 heteroatoms. The molecule has 3 aromatic rings. The van der Waals surface area contributed by atoms with Gasteiger partial charge < -0.3 is 4.42 Å². The van der Waals surface area contributed by atoms with Crippen molar-refractivity contribution in [3.63, 3.8) is 0 Å². The second kappa shape index (κ2) is 7.72. The quantitative estimate of drug-likeness (QED) is 0.673. The topological polar surface area (TPSA) is 91.2 Å². The number of nitrogens with one attached hydrogen (secondary N) is 2. The van der Waals surface area contributed by atoms with Crippen LogP contribution in [0, 0.1) is 13.8 Å². The van der Waals surface area contributed by atoms with Crippen LogP contribution in [0.3, 0.4) is 0 Å². The number of hydrogen-bond acceptors (Lipinski definition) is 5. The van der Waals surface area contributed by atoms with E-state index in [-0.39, 0.29) is 23.7 Å². The van der Waals surface area contributed by atoms with E-state index in [1.165, 1.54) is 0 Å². The summed E-state index contributed by atoms with van der Waals surface area (Å²) < 4.78 is 5.58. The molecular weight excluding hydrogens is 391 g/mol. The van der Waals surface area contributed by atoms with Gasteiger partial charge in [-0.05, 0) is 38.6 Å². The SMILES string of the molecule is Cc1n[nH]c(=O)c2c(NC(=O)CN(C)Cc3ccc(Cl)cc3Cl)oc(C)c12. The number of likely N-dealkylation sites (N-methyl/N-ethyl adjacent to an activating group) is 1.